The van der Waals surface area contributed by atoms with Crippen molar-refractivity contribution in [2.24, 2.45) is 0 Å². The Labute approximate surface area is 123 Å². The lowest BCUT2D eigenvalue weighted by Crippen LogP contribution is -2.44. The summed E-state index contributed by atoms with van der Waals surface area (Å²) in [5.74, 6) is 0.591. The zero-order valence-corrected chi connectivity index (χ0v) is 12.0. The lowest BCUT2D eigenvalue weighted by molar-refractivity contribution is -0.125. The van der Waals surface area contributed by atoms with E-state index >= 15 is 0 Å². The van der Waals surface area contributed by atoms with E-state index in [9.17, 15) is 9.90 Å². The standard InChI is InChI=1S/C17H17NO3/c1-11-3-5-12(6-4-11)9-16-17(20)18(2)14-8-7-13(19)10-15(14)21-16/h3-8,10,16,19H,9H2,1-2H3. The molecular weight excluding hydrogens is 266 g/mol. The van der Waals surface area contributed by atoms with Gasteiger partial charge in [0.05, 0.1) is 5.69 Å². The quantitative estimate of drug-likeness (QED) is 0.922. The Balaban J connectivity index is 1.87. The summed E-state index contributed by atoms with van der Waals surface area (Å²) in [6.07, 6.45) is -0.0505. The summed E-state index contributed by atoms with van der Waals surface area (Å²) in [5.41, 5.74) is 2.91. The van der Waals surface area contributed by atoms with Crippen molar-refractivity contribution in [3.8, 4) is 11.5 Å². The number of nitrogens with zero attached hydrogens (tertiary/aromatic N) is 1. The van der Waals surface area contributed by atoms with Gasteiger partial charge in [0.1, 0.15) is 11.5 Å². The predicted octanol–water partition coefficient (Wildman–Crippen LogP) is 2.67. The molecule has 0 fully saturated rings. The molecule has 1 N–H and O–H groups in total. The number of aromatic hydroxyl groups is 1. The highest BCUT2D eigenvalue weighted by atomic mass is 16.5. The number of benzene rings is 2. The van der Waals surface area contributed by atoms with Crippen LogP contribution in [-0.4, -0.2) is 24.2 Å². The van der Waals surface area contributed by atoms with E-state index in [-0.39, 0.29) is 11.7 Å². The van der Waals surface area contributed by atoms with Gasteiger partial charge in [0.2, 0.25) is 0 Å². The van der Waals surface area contributed by atoms with Crippen LogP contribution >= 0.6 is 0 Å². The number of phenols is 1. The molecule has 0 saturated heterocycles. The summed E-state index contributed by atoms with van der Waals surface area (Å²) in [5, 5.41) is 9.56. The fourth-order valence-corrected chi connectivity index (χ4v) is 2.48. The minimum absolute atomic E-state index is 0.0752. The van der Waals surface area contributed by atoms with Crippen molar-refractivity contribution in [1.29, 1.82) is 0 Å². The highest BCUT2D eigenvalue weighted by Gasteiger charge is 2.32. The maximum absolute atomic E-state index is 12.4. The molecule has 4 heteroatoms. The smallest absolute Gasteiger partial charge is 0.268 e. The van der Waals surface area contributed by atoms with Crippen LogP contribution < -0.4 is 9.64 Å². The predicted molar refractivity (Wildman–Crippen MR) is 80.8 cm³/mol. The Morgan fingerprint density at radius 2 is 1.90 bits per heavy atom. The SMILES string of the molecule is Cc1ccc(CC2Oc3cc(O)ccc3N(C)C2=O)cc1. The maximum atomic E-state index is 12.4. The van der Waals surface area contributed by atoms with Gasteiger partial charge in [-0.3, -0.25) is 4.79 Å². The molecule has 1 amide bonds. The number of amides is 1. The average Bonchev–Trinajstić information content (AvgIpc) is 2.46. The summed E-state index contributed by atoms with van der Waals surface area (Å²) in [6, 6.07) is 12.8. The third-order valence-corrected chi connectivity index (χ3v) is 3.72. The molecular formula is C17H17NO3. The van der Waals surface area contributed by atoms with E-state index in [1.165, 1.54) is 5.56 Å². The van der Waals surface area contributed by atoms with Gasteiger partial charge in [-0.2, -0.15) is 0 Å². The van der Waals surface area contributed by atoms with Gasteiger partial charge in [-0.25, -0.2) is 0 Å². The van der Waals surface area contributed by atoms with E-state index < -0.39 is 6.10 Å². The molecule has 4 nitrogen and oxygen atoms in total. The first-order valence-corrected chi connectivity index (χ1v) is 6.87. The number of carbonyl (C=O) groups excluding carboxylic acids is 1. The van der Waals surface area contributed by atoms with E-state index in [0.29, 0.717) is 17.9 Å². The second-order valence-corrected chi connectivity index (χ2v) is 5.35. The summed E-state index contributed by atoms with van der Waals surface area (Å²) >= 11 is 0. The zero-order chi connectivity index (χ0) is 15.0. The normalized spacial score (nSPS) is 17.3. The van der Waals surface area contributed by atoms with Gasteiger partial charge in [0.25, 0.3) is 5.91 Å². The molecule has 2 aromatic rings. The largest absolute Gasteiger partial charge is 0.508 e. The second-order valence-electron chi connectivity index (χ2n) is 5.35. The number of anilines is 1. The number of carbonyl (C=O) groups is 1. The van der Waals surface area contributed by atoms with Crippen molar-refractivity contribution in [3.63, 3.8) is 0 Å². The van der Waals surface area contributed by atoms with Gasteiger partial charge in [-0.1, -0.05) is 29.8 Å². The Kier molecular flexibility index (Phi) is 3.29. The summed E-state index contributed by atoms with van der Waals surface area (Å²) in [7, 11) is 1.73. The number of likely N-dealkylation sites (N-methyl/N-ethyl adjacent to an activating group) is 1. The van der Waals surface area contributed by atoms with E-state index in [1.807, 2.05) is 31.2 Å². The van der Waals surface area contributed by atoms with Gasteiger partial charge in [0, 0.05) is 19.5 Å². The molecule has 0 radical (unpaired) electrons. The van der Waals surface area contributed by atoms with Crippen molar-refractivity contribution in [2.75, 3.05) is 11.9 Å². The van der Waals surface area contributed by atoms with E-state index in [1.54, 1.807) is 30.1 Å². The third-order valence-electron chi connectivity index (χ3n) is 3.72. The Morgan fingerprint density at radius 3 is 2.62 bits per heavy atom. The Bertz CT molecular complexity index is 679. The minimum atomic E-state index is -0.563. The van der Waals surface area contributed by atoms with Crippen molar-refractivity contribution in [1.82, 2.24) is 0 Å². The van der Waals surface area contributed by atoms with Crippen LogP contribution in [0.25, 0.3) is 0 Å². The van der Waals surface area contributed by atoms with E-state index in [2.05, 4.69) is 0 Å². The van der Waals surface area contributed by atoms with Crippen molar-refractivity contribution in [2.45, 2.75) is 19.4 Å². The minimum Gasteiger partial charge on any atom is -0.508 e. The third kappa shape index (κ3) is 2.57. The fourth-order valence-electron chi connectivity index (χ4n) is 2.48. The van der Waals surface area contributed by atoms with Gasteiger partial charge in [-0.15, -0.1) is 0 Å². The molecule has 1 unspecified atom stereocenters. The fraction of sp³-hybridized carbons (Fsp3) is 0.235. The van der Waals surface area contributed by atoms with E-state index in [4.69, 9.17) is 4.74 Å². The summed E-state index contributed by atoms with van der Waals surface area (Å²) in [4.78, 5) is 14.0. The van der Waals surface area contributed by atoms with Crippen molar-refractivity contribution in [3.05, 3.63) is 53.6 Å². The molecule has 0 aromatic heterocycles. The first-order chi connectivity index (χ1) is 10.0. The van der Waals surface area contributed by atoms with Crippen LogP contribution in [0.1, 0.15) is 11.1 Å². The molecule has 1 atom stereocenters. The van der Waals surface area contributed by atoms with Crippen LogP contribution in [0, 0.1) is 6.92 Å². The molecule has 3 rings (SSSR count). The van der Waals surface area contributed by atoms with Crippen LogP contribution in [0.15, 0.2) is 42.5 Å². The van der Waals surface area contributed by atoms with Crippen LogP contribution in [0.2, 0.25) is 0 Å². The number of hydrogen-bond donors (Lipinski definition) is 1. The summed E-state index contributed by atoms with van der Waals surface area (Å²) in [6.45, 7) is 2.03. The lowest BCUT2D eigenvalue weighted by Gasteiger charge is -2.32. The number of phenolic OH excluding ortho intramolecular Hbond substituents is 1. The molecule has 0 spiro atoms. The first kappa shape index (κ1) is 13.5. The molecule has 21 heavy (non-hydrogen) atoms. The molecule has 0 bridgehead atoms. The number of fused-ring (bicyclic) bond motifs is 1. The molecule has 0 aliphatic carbocycles. The van der Waals surface area contributed by atoms with E-state index in [0.717, 1.165) is 5.56 Å². The van der Waals surface area contributed by atoms with Crippen molar-refractivity contribution < 1.29 is 14.6 Å². The zero-order valence-electron chi connectivity index (χ0n) is 12.0. The van der Waals surface area contributed by atoms with Crippen LogP contribution in [-0.2, 0) is 11.2 Å². The molecule has 108 valence electrons. The van der Waals surface area contributed by atoms with Gasteiger partial charge in [-0.05, 0) is 24.6 Å². The molecule has 0 saturated carbocycles. The first-order valence-electron chi connectivity index (χ1n) is 6.87. The monoisotopic (exact) mass is 283 g/mol. The second kappa shape index (κ2) is 5.13. The Hall–Kier alpha value is -2.49. The topological polar surface area (TPSA) is 49.8 Å². The summed E-state index contributed by atoms with van der Waals surface area (Å²) < 4.78 is 5.78. The Morgan fingerprint density at radius 1 is 1.19 bits per heavy atom. The van der Waals surface area contributed by atoms with Gasteiger partial charge in [0.15, 0.2) is 6.10 Å². The number of ether oxygens (including phenoxy) is 1. The van der Waals surface area contributed by atoms with Crippen LogP contribution in [0.3, 0.4) is 0 Å². The lowest BCUT2D eigenvalue weighted by atomic mass is 10.0. The highest BCUT2D eigenvalue weighted by molar-refractivity contribution is 5.99. The van der Waals surface area contributed by atoms with Gasteiger partial charge >= 0.3 is 0 Å². The van der Waals surface area contributed by atoms with Crippen molar-refractivity contribution >= 4 is 11.6 Å². The molecule has 1 aliphatic heterocycles. The number of aryl methyl sites for hydroxylation is 1. The highest BCUT2D eigenvalue weighted by Crippen LogP contribution is 2.36. The molecule has 1 heterocycles. The molecule has 2 aromatic carbocycles. The maximum Gasteiger partial charge on any atom is 0.268 e. The molecule has 1 aliphatic rings. The van der Waals surface area contributed by atoms with Crippen LogP contribution in [0.4, 0.5) is 5.69 Å². The average molecular weight is 283 g/mol. The number of rotatable bonds is 2. The number of hydrogen-bond acceptors (Lipinski definition) is 3. The van der Waals surface area contributed by atoms with Gasteiger partial charge < -0.3 is 14.7 Å². The van der Waals surface area contributed by atoms with Crippen LogP contribution in [0.5, 0.6) is 11.5 Å².